The molecule has 0 spiro atoms. The summed E-state index contributed by atoms with van der Waals surface area (Å²) in [5.41, 5.74) is 5.46. The molecule has 5 nitrogen and oxygen atoms in total. The highest BCUT2D eigenvalue weighted by molar-refractivity contribution is 6.01. The Hall–Kier alpha value is -2.96. The van der Waals surface area contributed by atoms with Crippen LogP contribution in [0.5, 0.6) is 5.75 Å². The van der Waals surface area contributed by atoms with Crippen molar-refractivity contribution in [3.05, 3.63) is 54.1 Å². The number of imidazole rings is 1. The first-order valence-corrected chi connectivity index (χ1v) is 6.93. The van der Waals surface area contributed by atoms with Crippen LogP contribution in [0.3, 0.4) is 0 Å². The van der Waals surface area contributed by atoms with Crippen molar-refractivity contribution >= 4 is 22.7 Å². The van der Waals surface area contributed by atoms with Crippen LogP contribution in [0.4, 0.5) is 14.7 Å². The summed E-state index contributed by atoms with van der Waals surface area (Å²) < 4.78 is 29.4. The summed E-state index contributed by atoms with van der Waals surface area (Å²) in [6.07, 6.45) is 0. The number of hydrogen-bond acceptors (Lipinski definition) is 4. The average molecular weight is 316 g/mol. The van der Waals surface area contributed by atoms with Gasteiger partial charge in [0, 0.05) is 5.56 Å². The van der Waals surface area contributed by atoms with Crippen LogP contribution in [0.2, 0.25) is 0 Å². The SMILES string of the molecule is C/C(=N\Nc1nc2ccccc2[nH]1)c1ccccc1OC(F)F. The quantitative estimate of drug-likeness (QED) is 0.552. The molecule has 0 aliphatic rings. The zero-order chi connectivity index (χ0) is 16.2. The van der Waals surface area contributed by atoms with E-state index in [0.717, 1.165) is 11.0 Å². The highest BCUT2D eigenvalue weighted by atomic mass is 19.3. The van der Waals surface area contributed by atoms with Crippen molar-refractivity contribution in [2.24, 2.45) is 5.10 Å². The first kappa shape index (κ1) is 15.0. The normalized spacial score (nSPS) is 11.9. The van der Waals surface area contributed by atoms with Gasteiger partial charge < -0.3 is 9.72 Å². The van der Waals surface area contributed by atoms with E-state index in [9.17, 15) is 8.78 Å². The summed E-state index contributed by atoms with van der Waals surface area (Å²) in [6, 6.07) is 14.1. The van der Waals surface area contributed by atoms with Gasteiger partial charge in [0.15, 0.2) is 0 Å². The van der Waals surface area contributed by atoms with Crippen LogP contribution < -0.4 is 10.2 Å². The second kappa shape index (κ2) is 6.43. The highest BCUT2D eigenvalue weighted by Gasteiger charge is 2.11. The van der Waals surface area contributed by atoms with Crippen LogP contribution in [0.1, 0.15) is 12.5 Å². The van der Waals surface area contributed by atoms with Crippen molar-refractivity contribution in [3.63, 3.8) is 0 Å². The van der Waals surface area contributed by atoms with E-state index in [1.165, 1.54) is 6.07 Å². The standard InChI is InChI=1S/C16H14F2N4O/c1-10(11-6-2-5-9-14(11)23-15(17)18)21-22-16-19-12-7-3-4-8-13(12)20-16/h2-9,15H,1H3,(H2,19,20,22)/b21-10+. The number of hydrogen-bond donors (Lipinski definition) is 2. The van der Waals surface area contributed by atoms with Crippen LogP contribution in [0.15, 0.2) is 53.6 Å². The summed E-state index contributed by atoms with van der Waals surface area (Å²) in [7, 11) is 0. The van der Waals surface area contributed by atoms with Gasteiger partial charge in [0.25, 0.3) is 0 Å². The summed E-state index contributed by atoms with van der Waals surface area (Å²) in [5.74, 6) is 0.549. The van der Waals surface area contributed by atoms with Crippen molar-refractivity contribution in [3.8, 4) is 5.75 Å². The van der Waals surface area contributed by atoms with E-state index in [1.807, 2.05) is 24.3 Å². The molecule has 0 saturated carbocycles. The maximum Gasteiger partial charge on any atom is 0.387 e. The minimum atomic E-state index is -2.88. The first-order chi connectivity index (χ1) is 11.1. The number of nitrogens with one attached hydrogen (secondary N) is 2. The van der Waals surface area contributed by atoms with Gasteiger partial charge in [-0.3, -0.25) is 0 Å². The number of halogens is 2. The number of ether oxygens (including phenoxy) is 1. The molecule has 2 N–H and O–H groups in total. The lowest BCUT2D eigenvalue weighted by molar-refractivity contribution is -0.0499. The number of H-pyrrole nitrogens is 1. The largest absolute Gasteiger partial charge is 0.434 e. The molecular formula is C16H14F2N4O. The van der Waals surface area contributed by atoms with Crippen molar-refractivity contribution in [2.45, 2.75) is 13.5 Å². The summed E-state index contributed by atoms with van der Waals surface area (Å²) >= 11 is 0. The predicted octanol–water partition coefficient (Wildman–Crippen LogP) is 4.00. The second-order valence-electron chi connectivity index (χ2n) is 4.79. The Morgan fingerprint density at radius 3 is 2.70 bits per heavy atom. The minimum absolute atomic E-state index is 0.0788. The van der Waals surface area contributed by atoms with Gasteiger partial charge in [0.1, 0.15) is 5.75 Å². The first-order valence-electron chi connectivity index (χ1n) is 6.93. The Morgan fingerprint density at radius 1 is 1.17 bits per heavy atom. The fourth-order valence-electron chi connectivity index (χ4n) is 2.17. The van der Waals surface area contributed by atoms with Gasteiger partial charge in [-0.1, -0.05) is 24.3 Å². The van der Waals surface area contributed by atoms with Crippen molar-refractivity contribution < 1.29 is 13.5 Å². The van der Waals surface area contributed by atoms with Gasteiger partial charge in [0.05, 0.1) is 16.7 Å². The molecule has 0 radical (unpaired) electrons. The predicted molar refractivity (Wildman–Crippen MR) is 85.0 cm³/mol. The number of alkyl halides is 2. The van der Waals surface area contributed by atoms with Gasteiger partial charge in [0.2, 0.25) is 5.95 Å². The lowest BCUT2D eigenvalue weighted by Gasteiger charge is -2.10. The van der Waals surface area contributed by atoms with E-state index in [2.05, 4.69) is 25.2 Å². The van der Waals surface area contributed by atoms with Crippen molar-refractivity contribution in [2.75, 3.05) is 5.43 Å². The Kier molecular flexibility index (Phi) is 4.18. The fraction of sp³-hybridized carbons (Fsp3) is 0.125. The summed E-state index contributed by atoms with van der Waals surface area (Å²) in [6.45, 7) is -1.18. The van der Waals surface area contributed by atoms with Crippen LogP contribution in [-0.4, -0.2) is 22.3 Å². The molecule has 118 valence electrons. The highest BCUT2D eigenvalue weighted by Crippen LogP contribution is 2.21. The maximum absolute atomic E-state index is 12.4. The Labute approximate surface area is 131 Å². The topological polar surface area (TPSA) is 62.3 Å². The van der Waals surface area contributed by atoms with Gasteiger partial charge in [-0.15, -0.1) is 0 Å². The van der Waals surface area contributed by atoms with Crippen molar-refractivity contribution in [1.82, 2.24) is 9.97 Å². The average Bonchev–Trinajstić information content (AvgIpc) is 2.95. The second-order valence-corrected chi connectivity index (χ2v) is 4.79. The third-order valence-electron chi connectivity index (χ3n) is 3.21. The van der Waals surface area contributed by atoms with Crippen LogP contribution in [0.25, 0.3) is 11.0 Å². The summed E-state index contributed by atoms with van der Waals surface area (Å²) in [4.78, 5) is 7.39. The van der Waals surface area contributed by atoms with E-state index in [1.54, 1.807) is 25.1 Å². The maximum atomic E-state index is 12.4. The molecule has 3 aromatic rings. The molecule has 23 heavy (non-hydrogen) atoms. The molecule has 1 heterocycles. The van der Waals surface area contributed by atoms with E-state index < -0.39 is 6.61 Å². The molecule has 7 heteroatoms. The fourth-order valence-corrected chi connectivity index (χ4v) is 2.17. The lowest BCUT2D eigenvalue weighted by atomic mass is 10.1. The monoisotopic (exact) mass is 316 g/mol. The van der Waals surface area contributed by atoms with Gasteiger partial charge in [-0.25, -0.2) is 10.4 Å². The van der Waals surface area contributed by atoms with Crippen molar-refractivity contribution in [1.29, 1.82) is 0 Å². The van der Waals surface area contributed by atoms with E-state index in [4.69, 9.17) is 0 Å². The molecule has 0 aliphatic carbocycles. The minimum Gasteiger partial charge on any atom is -0.434 e. The van der Waals surface area contributed by atoms with E-state index in [0.29, 0.717) is 17.2 Å². The molecule has 0 bridgehead atoms. The van der Waals surface area contributed by atoms with Crippen LogP contribution in [0, 0.1) is 0 Å². The van der Waals surface area contributed by atoms with Gasteiger partial charge in [-0.2, -0.15) is 13.9 Å². The molecule has 0 amide bonds. The number of aromatic nitrogens is 2. The van der Waals surface area contributed by atoms with E-state index in [-0.39, 0.29) is 5.75 Å². The molecule has 2 aromatic carbocycles. The molecule has 0 atom stereocenters. The number of aromatic amines is 1. The zero-order valence-electron chi connectivity index (χ0n) is 12.3. The number of hydrazone groups is 1. The van der Waals surface area contributed by atoms with Crippen LogP contribution >= 0.6 is 0 Å². The number of para-hydroxylation sites is 3. The molecule has 0 unspecified atom stereocenters. The summed E-state index contributed by atoms with van der Waals surface area (Å²) in [5, 5.41) is 4.18. The van der Waals surface area contributed by atoms with E-state index >= 15 is 0 Å². The number of nitrogens with zero attached hydrogens (tertiary/aromatic N) is 2. The number of fused-ring (bicyclic) bond motifs is 1. The number of anilines is 1. The number of benzene rings is 2. The van der Waals surface area contributed by atoms with Gasteiger partial charge >= 0.3 is 6.61 Å². The molecular weight excluding hydrogens is 302 g/mol. The third kappa shape index (κ3) is 3.45. The van der Waals surface area contributed by atoms with Crippen LogP contribution in [-0.2, 0) is 0 Å². The molecule has 0 saturated heterocycles. The zero-order valence-corrected chi connectivity index (χ0v) is 12.3. The Morgan fingerprint density at radius 2 is 1.91 bits per heavy atom. The lowest BCUT2D eigenvalue weighted by Crippen LogP contribution is -2.08. The smallest absolute Gasteiger partial charge is 0.387 e. The van der Waals surface area contributed by atoms with Gasteiger partial charge in [-0.05, 0) is 31.2 Å². The Balaban J connectivity index is 1.82. The molecule has 1 aromatic heterocycles. The molecule has 3 rings (SSSR count). The third-order valence-corrected chi connectivity index (χ3v) is 3.21. The number of rotatable bonds is 5. The molecule has 0 aliphatic heterocycles. The molecule has 0 fully saturated rings. The Bertz CT molecular complexity index is 812.